The molecule has 10 nitrogen and oxygen atoms in total. The number of aliphatic hydroxyl groups excluding tert-OH is 2. The molecule has 0 aliphatic heterocycles. The van der Waals surface area contributed by atoms with Crippen LogP contribution in [0, 0.1) is 5.41 Å². The number of ether oxygens (including phenoxy) is 2. The van der Waals surface area contributed by atoms with Crippen molar-refractivity contribution in [3.8, 4) is 0 Å². The fourth-order valence-corrected chi connectivity index (χ4v) is 1.93. The highest BCUT2D eigenvalue weighted by molar-refractivity contribution is 5.88. The fourth-order valence-electron chi connectivity index (χ4n) is 1.93. The van der Waals surface area contributed by atoms with Gasteiger partial charge in [-0.3, -0.25) is 9.59 Å². The molecule has 0 aromatic heterocycles. The monoisotopic (exact) mass is 416 g/mol. The molecule has 0 fully saturated rings. The molecule has 29 heavy (non-hydrogen) atoms. The SMILES string of the molecule is CC(=CCCC(=O)O)C(=O)OCC(CO)(CO)COC(=O)C(C)=CCCC(=O)O. The molecule has 0 saturated heterocycles. The van der Waals surface area contributed by atoms with Crippen molar-refractivity contribution >= 4 is 23.9 Å². The molecule has 0 heterocycles. The number of aliphatic hydroxyl groups is 2. The molecule has 164 valence electrons. The summed E-state index contributed by atoms with van der Waals surface area (Å²) in [4.78, 5) is 44.9. The predicted molar refractivity (Wildman–Crippen MR) is 99.8 cm³/mol. The van der Waals surface area contributed by atoms with Crippen LogP contribution in [0.3, 0.4) is 0 Å². The lowest BCUT2D eigenvalue weighted by molar-refractivity contribution is -0.154. The van der Waals surface area contributed by atoms with Crippen LogP contribution in [-0.4, -0.2) is 70.7 Å². The molecule has 0 aromatic rings. The van der Waals surface area contributed by atoms with Crippen molar-refractivity contribution in [2.24, 2.45) is 5.41 Å². The third-order valence-corrected chi connectivity index (χ3v) is 3.95. The molecule has 0 saturated carbocycles. The van der Waals surface area contributed by atoms with Gasteiger partial charge in [0.25, 0.3) is 0 Å². The Bertz CT molecular complexity index is 591. The van der Waals surface area contributed by atoms with E-state index in [1.807, 2.05) is 0 Å². The van der Waals surface area contributed by atoms with Crippen LogP contribution in [0.1, 0.15) is 39.5 Å². The van der Waals surface area contributed by atoms with Gasteiger partial charge in [-0.1, -0.05) is 12.2 Å². The summed E-state index contributed by atoms with van der Waals surface area (Å²) in [6.45, 7) is 0.751. The van der Waals surface area contributed by atoms with Crippen molar-refractivity contribution in [2.75, 3.05) is 26.4 Å². The zero-order valence-corrected chi connectivity index (χ0v) is 16.5. The first kappa shape index (κ1) is 26.3. The molecule has 0 rings (SSSR count). The van der Waals surface area contributed by atoms with Crippen molar-refractivity contribution in [3.63, 3.8) is 0 Å². The molecule has 0 bridgehead atoms. The zero-order valence-electron chi connectivity index (χ0n) is 16.5. The number of rotatable bonds is 14. The average molecular weight is 416 g/mol. The Morgan fingerprint density at radius 2 is 1.10 bits per heavy atom. The van der Waals surface area contributed by atoms with E-state index in [4.69, 9.17) is 19.7 Å². The van der Waals surface area contributed by atoms with Gasteiger partial charge in [-0.2, -0.15) is 0 Å². The van der Waals surface area contributed by atoms with Crippen LogP contribution in [-0.2, 0) is 28.7 Å². The topological polar surface area (TPSA) is 168 Å². The fraction of sp³-hybridized carbons (Fsp3) is 0.579. The van der Waals surface area contributed by atoms with E-state index in [0.29, 0.717) is 0 Å². The van der Waals surface area contributed by atoms with Gasteiger partial charge in [0, 0.05) is 24.0 Å². The van der Waals surface area contributed by atoms with Crippen molar-refractivity contribution < 1.29 is 49.1 Å². The lowest BCUT2D eigenvalue weighted by Crippen LogP contribution is -2.41. The Morgan fingerprint density at radius 1 is 0.759 bits per heavy atom. The summed E-state index contributed by atoms with van der Waals surface area (Å²) in [5.41, 5.74) is -1.08. The molecule has 0 aliphatic carbocycles. The van der Waals surface area contributed by atoms with Gasteiger partial charge in [0.2, 0.25) is 0 Å². The highest BCUT2D eigenvalue weighted by Gasteiger charge is 2.33. The molecule has 0 aromatic carbocycles. The number of hydrogen-bond acceptors (Lipinski definition) is 8. The third kappa shape index (κ3) is 11.0. The summed E-state index contributed by atoms with van der Waals surface area (Å²) in [6.07, 6.45) is 2.82. The lowest BCUT2D eigenvalue weighted by Gasteiger charge is -2.28. The van der Waals surface area contributed by atoms with Crippen molar-refractivity contribution in [2.45, 2.75) is 39.5 Å². The van der Waals surface area contributed by atoms with Crippen LogP contribution >= 0.6 is 0 Å². The average Bonchev–Trinajstić information content (AvgIpc) is 2.67. The molecular formula is C19H28O10. The van der Waals surface area contributed by atoms with E-state index in [0.717, 1.165) is 0 Å². The second-order valence-corrected chi connectivity index (χ2v) is 6.61. The van der Waals surface area contributed by atoms with Gasteiger partial charge >= 0.3 is 23.9 Å². The quantitative estimate of drug-likeness (QED) is 0.233. The van der Waals surface area contributed by atoms with E-state index in [2.05, 4.69) is 0 Å². The van der Waals surface area contributed by atoms with Crippen LogP contribution in [0.5, 0.6) is 0 Å². The van der Waals surface area contributed by atoms with E-state index in [9.17, 15) is 29.4 Å². The normalized spacial score (nSPS) is 12.4. The number of carbonyl (C=O) groups is 4. The van der Waals surface area contributed by atoms with Gasteiger partial charge in [0.15, 0.2) is 0 Å². The predicted octanol–water partition coefficient (Wildman–Crippen LogP) is 0.666. The second kappa shape index (κ2) is 13.5. The summed E-state index contributed by atoms with van der Waals surface area (Å²) in [6, 6.07) is 0. The molecule has 0 radical (unpaired) electrons. The van der Waals surface area contributed by atoms with Crippen molar-refractivity contribution in [3.05, 3.63) is 23.3 Å². The molecule has 0 amide bonds. The van der Waals surface area contributed by atoms with E-state index in [1.165, 1.54) is 26.0 Å². The first-order valence-electron chi connectivity index (χ1n) is 8.90. The number of carboxylic acids is 2. The summed E-state index contributed by atoms with van der Waals surface area (Å²) >= 11 is 0. The summed E-state index contributed by atoms with van der Waals surface area (Å²) < 4.78 is 10.1. The first-order valence-corrected chi connectivity index (χ1v) is 8.90. The molecule has 4 N–H and O–H groups in total. The van der Waals surface area contributed by atoms with Gasteiger partial charge < -0.3 is 29.9 Å². The number of aliphatic carboxylic acids is 2. The Morgan fingerprint density at radius 3 is 1.38 bits per heavy atom. The maximum absolute atomic E-state index is 12.0. The maximum atomic E-state index is 12.0. The number of hydrogen-bond donors (Lipinski definition) is 4. The van der Waals surface area contributed by atoms with Gasteiger partial charge in [-0.05, 0) is 26.7 Å². The summed E-state index contributed by atoms with van der Waals surface area (Å²) in [5.74, 6) is -3.51. The van der Waals surface area contributed by atoms with E-state index in [-0.39, 0.29) is 36.8 Å². The molecule has 0 aliphatic rings. The summed E-state index contributed by atoms with van der Waals surface area (Å²) in [5, 5.41) is 36.3. The van der Waals surface area contributed by atoms with E-state index >= 15 is 0 Å². The minimum absolute atomic E-state index is 0.142. The van der Waals surface area contributed by atoms with Crippen LogP contribution in [0.4, 0.5) is 0 Å². The van der Waals surface area contributed by atoms with Gasteiger partial charge in [-0.15, -0.1) is 0 Å². The van der Waals surface area contributed by atoms with Crippen molar-refractivity contribution in [1.82, 2.24) is 0 Å². The number of carbonyl (C=O) groups excluding carboxylic acids is 2. The summed E-state index contributed by atoms with van der Waals surface area (Å²) in [7, 11) is 0. The molecule has 0 atom stereocenters. The second-order valence-electron chi connectivity index (χ2n) is 6.61. The van der Waals surface area contributed by atoms with E-state index < -0.39 is 55.7 Å². The molecular weight excluding hydrogens is 388 g/mol. The minimum Gasteiger partial charge on any atom is -0.481 e. The first-order chi connectivity index (χ1) is 13.6. The Labute approximate surface area is 168 Å². The Balaban J connectivity index is 4.76. The Hall–Kier alpha value is -2.72. The van der Waals surface area contributed by atoms with Crippen LogP contribution < -0.4 is 0 Å². The zero-order chi connectivity index (χ0) is 22.4. The Kier molecular flexibility index (Phi) is 12.2. The van der Waals surface area contributed by atoms with Crippen LogP contribution in [0.15, 0.2) is 23.3 Å². The standard InChI is InChI=1S/C19H28O10/c1-13(5-3-7-15(22)23)17(26)28-11-19(9-20,10-21)12-29-18(27)14(2)6-4-8-16(24)25/h5-6,20-21H,3-4,7-12H2,1-2H3,(H,22,23)(H,24,25). The van der Waals surface area contributed by atoms with Gasteiger partial charge in [-0.25, -0.2) is 9.59 Å². The maximum Gasteiger partial charge on any atom is 0.333 e. The van der Waals surface area contributed by atoms with Gasteiger partial charge in [0.1, 0.15) is 13.2 Å². The molecule has 10 heteroatoms. The molecule has 0 spiro atoms. The highest BCUT2D eigenvalue weighted by atomic mass is 16.6. The largest absolute Gasteiger partial charge is 0.481 e. The van der Waals surface area contributed by atoms with Crippen LogP contribution in [0.25, 0.3) is 0 Å². The third-order valence-electron chi connectivity index (χ3n) is 3.95. The van der Waals surface area contributed by atoms with Crippen LogP contribution in [0.2, 0.25) is 0 Å². The minimum atomic E-state index is -1.42. The lowest BCUT2D eigenvalue weighted by atomic mass is 9.92. The smallest absolute Gasteiger partial charge is 0.333 e. The number of carboxylic acid groups (broad SMARTS) is 2. The molecule has 0 unspecified atom stereocenters. The number of esters is 2. The van der Waals surface area contributed by atoms with E-state index in [1.54, 1.807) is 0 Å². The van der Waals surface area contributed by atoms with Gasteiger partial charge in [0.05, 0.1) is 18.6 Å². The van der Waals surface area contributed by atoms with Crippen molar-refractivity contribution in [1.29, 1.82) is 0 Å². The highest BCUT2D eigenvalue weighted by Crippen LogP contribution is 2.19. The number of allylic oxidation sites excluding steroid dienone is 2.